The Hall–Kier alpha value is -0.940. The first-order valence-electron chi connectivity index (χ1n) is 6.64. The molecule has 0 fully saturated rings. The Labute approximate surface area is 119 Å². The standard InChI is InChI=1S/C14H24N2O2S/c1-6-16(10(2)7-12(17)18)8-11-9-19-13(15-11)14(3,4)5/h9-10H,6-8H2,1-5H3,(H,17,18). The van der Waals surface area contributed by atoms with Gasteiger partial charge in [-0.15, -0.1) is 11.3 Å². The lowest BCUT2D eigenvalue weighted by Crippen LogP contribution is -2.34. The van der Waals surface area contributed by atoms with Crippen LogP contribution in [0, 0.1) is 0 Å². The zero-order chi connectivity index (χ0) is 14.6. The molecule has 0 amide bonds. The number of carbonyl (C=O) groups is 1. The van der Waals surface area contributed by atoms with E-state index in [-0.39, 0.29) is 17.9 Å². The van der Waals surface area contributed by atoms with Crippen LogP contribution in [0.25, 0.3) is 0 Å². The first-order chi connectivity index (χ1) is 8.74. The first-order valence-corrected chi connectivity index (χ1v) is 7.52. The molecular formula is C14H24N2O2S. The molecule has 0 saturated heterocycles. The Morgan fingerprint density at radius 2 is 2.16 bits per heavy atom. The van der Waals surface area contributed by atoms with Gasteiger partial charge in [-0.2, -0.15) is 0 Å². The third-order valence-electron chi connectivity index (χ3n) is 3.06. The molecule has 19 heavy (non-hydrogen) atoms. The number of carboxylic acids is 1. The molecule has 0 spiro atoms. The second kappa shape index (κ2) is 6.48. The fourth-order valence-electron chi connectivity index (χ4n) is 1.89. The molecule has 1 aromatic heterocycles. The van der Waals surface area contributed by atoms with Gasteiger partial charge in [0.2, 0.25) is 0 Å². The van der Waals surface area contributed by atoms with Crippen LogP contribution in [-0.4, -0.2) is 33.5 Å². The quantitative estimate of drug-likeness (QED) is 0.872. The van der Waals surface area contributed by atoms with Crippen LogP contribution in [0.2, 0.25) is 0 Å². The van der Waals surface area contributed by atoms with E-state index < -0.39 is 5.97 Å². The van der Waals surface area contributed by atoms with Crippen LogP contribution < -0.4 is 0 Å². The maximum Gasteiger partial charge on any atom is 0.304 e. The summed E-state index contributed by atoms with van der Waals surface area (Å²) in [6.07, 6.45) is 0.171. The number of nitrogens with zero attached hydrogens (tertiary/aromatic N) is 2. The Morgan fingerprint density at radius 1 is 1.53 bits per heavy atom. The minimum absolute atomic E-state index is 0.0299. The zero-order valence-electron chi connectivity index (χ0n) is 12.4. The molecule has 0 bridgehead atoms. The van der Waals surface area contributed by atoms with Gasteiger partial charge >= 0.3 is 5.97 Å². The molecule has 1 aromatic rings. The molecular weight excluding hydrogens is 260 g/mol. The average molecular weight is 284 g/mol. The Balaban J connectivity index is 2.71. The van der Waals surface area contributed by atoms with E-state index in [0.717, 1.165) is 23.8 Å². The number of hydrogen-bond donors (Lipinski definition) is 1. The summed E-state index contributed by atoms with van der Waals surface area (Å²) < 4.78 is 0. The van der Waals surface area contributed by atoms with Crippen molar-refractivity contribution in [3.8, 4) is 0 Å². The van der Waals surface area contributed by atoms with Gasteiger partial charge in [0, 0.05) is 23.4 Å². The molecule has 4 nitrogen and oxygen atoms in total. The van der Waals surface area contributed by atoms with Gasteiger partial charge in [-0.1, -0.05) is 27.7 Å². The fraction of sp³-hybridized carbons (Fsp3) is 0.714. The van der Waals surface area contributed by atoms with Gasteiger partial charge in [0.05, 0.1) is 17.1 Å². The summed E-state index contributed by atoms with van der Waals surface area (Å²) in [5, 5.41) is 12.1. The summed E-state index contributed by atoms with van der Waals surface area (Å²) in [6, 6.07) is 0.0299. The summed E-state index contributed by atoms with van der Waals surface area (Å²) in [7, 11) is 0. The highest BCUT2D eigenvalue weighted by molar-refractivity contribution is 7.09. The highest BCUT2D eigenvalue weighted by atomic mass is 32.1. The normalized spacial score (nSPS) is 13.8. The summed E-state index contributed by atoms with van der Waals surface area (Å²) in [5.41, 5.74) is 1.11. The maximum atomic E-state index is 10.8. The van der Waals surface area contributed by atoms with Gasteiger partial charge in [0.15, 0.2) is 0 Å². The van der Waals surface area contributed by atoms with Gasteiger partial charge in [0.1, 0.15) is 0 Å². The lowest BCUT2D eigenvalue weighted by molar-refractivity contribution is -0.138. The van der Waals surface area contributed by atoms with E-state index in [1.165, 1.54) is 0 Å². The minimum Gasteiger partial charge on any atom is -0.481 e. The second-order valence-electron chi connectivity index (χ2n) is 5.90. The predicted molar refractivity (Wildman–Crippen MR) is 78.6 cm³/mol. The molecule has 5 heteroatoms. The number of aliphatic carboxylic acids is 1. The summed E-state index contributed by atoms with van der Waals surface area (Å²) in [6.45, 7) is 12.0. The van der Waals surface area contributed by atoms with Crippen molar-refractivity contribution in [3.63, 3.8) is 0 Å². The van der Waals surface area contributed by atoms with Crippen LogP contribution in [-0.2, 0) is 16.8 Å². The molecule has 0 saturated carbocycles. The monoisotopic (exact) mass is 284 g/mol. The number of aromatic nitrogens is 1. The molecule has 0 aliphatic rings. The fourth-order valence-corrected chi connectivity index (χ4v) is 2.79. The van der Waals surface area contributed by atoms with E-state index >= 15 is 0 Å². The molecule has 0 aliphatic heterocycles. The van der Waals surface area contributed by atoms with E-state index in [4.69, 9.17) is 5.11 Å². The Kier molecular flexibility index (Phi) is 5.50. The number of hydrogen-bond acceptors (Lipinski definition) is 4. The number of thiazole rings is 1. The summed E-state index contributed by atoms with van der Waals surface area (Å²) >= 11 is 1.68. The molecule has 1 heterocycles. The van der Waals surface area contributed by atoms with Crippen molar-refractivity contribution in [2.75, 3.05) is 6.54 Å². The molecule has 1 unspecified atom stereocenters. The second-order valence-corrected chi connectivity index (χ2v) is 6.76. The lowest BCUT2D eigenvalue weighted by atomic mass is 9.98. The lowest BCUT2D eigenvalue weighted by Gasteiger charge is -2.25. The molecule has 108 valence electrons. The molecule has 0 aliphatic carbocycles. The third kappa shape index (κ3) is 4.91. The maximum absolute atomic E-state index is 10.8. The van der Waals surface area contributed by atoms with Crippen molar-refractivity contribution in [1.82, 2.24) is 9.88 Å². The Bertz CT molecular complexity index is 423. The topological polar surface area (TPSA) is 53.4 Å². The van der Waals surface area contributed by atoms with Gasteiger partial charge in [-0.3, -0.25) is 9.69 Å². The Morgan fingerprint density at radius 3 is 2.58 bits per heavy atom. The van der Waals surface area contributed by atoms with Crippen LogP contribution in [0.15, 0.2) is 5.38 Å². The van der Waals surface area contributed by atoms with Gasteiger partial charge in [0.25, 0.3) is 0 Å². The van der Waals surface area contributed by atoms with Crippen molar-refractivity contribution < 1.29 is 9.90 Å². The van der Waals surface area contributed by atoms with Crippen LogP contribution in [0.5, 0.6) is 0 Å². The molecule has 1 atom stereocenters. The van der Waals surface area contributed by atoms with E-state index in [2.05, 4.69) is 43.0 Å². The first kappa shape index (κ1) is 16.1. The highest BCUT2D eigenvalue weighted by Gasteiger charge is 2.20. The van der Waals surface area contributed by atoms with Crippen LogP contribution in [0.4, 0.5) is 0 Å². The smallest absolute Gasteiger partial charge is 0.304 e. The molecule has 1 rings (SSSR count). The van der Waals surface area contributed by atoms with E-state index in [0.29, 0.717) is 0 Å². The van der Waals surface area contributed by atoms with Crippen LogP contribution in [0.1, 0.15) is 51.7 Å². The van der Waals surface area contributed by atoms with Crippen molar-refractivity contribution in [2.45, 2.75) is 59.0 Å². The van der Waals surface area contributed by atoms with Crippen molar-refractivity contribution in [1.29, 1.82) is 0 Å². The van der Waals surface area contributed by atoms with Gasteiger partial charge < -0.3 is 5.11 Å². The molecule has 0 aromatic carbocycles. The van der Waals surface area contributed by atoms with E-state index in [1.54, 1.807) is 11.3 Å². The number of carboxylic acid groups (broad SMARTS) is 1. The zero-order valence-corrected chi connectivity index (χ0v) is 13.3. The van der Waals surface area contributed by atoms with Gasteiger partial charge in [-0.25, -0.2) is 4.98 Å². The third-order valence-corrected chi connectivity index (χ3v) is 4.37. The van der Waals surface area contributed by atoms with Crippen LogP contribution in [0.3, 0.4) is 0 Å². The van der Waals surface area contributed by atoms with Crippen molar-refractivity contribution in [2.24, 2.45) is 0 Å². The van der Waals surface area contributed by atoms with Crippen molar-refractivity contribution >= 4 is 17.3 Å². The summed E-state index contributed by atoms with van der Waals surface area (Å²) in [5.74, 6) is -0.750. The van der Waals surface area contributed by atoms with Crippen molar-refractivity contribution in [3.05, 3.63) is 16.1 Å². The highest BCUT2D eigenvalue weighted by Crippen LogP contribution is 2.26. The van der Waals surface area contributed by atoms with Gasteiger partial charge in [-0.05, 0) is 13.5 Å². The molecule has 1 N–H and O–H groups in total. The SMILES string of the molecule is CCN(Cc1csc(C(C)(C)C)n1)C(C)CC(=O)O. The van der Waals surface area contributed by atoms with E-state index in [1.807, 2.05) is 6.92 Å². The number of rotatable bonds is 6. The minimum atomic E-state index is -0.750. The molecule has 0 radical (unpaired) electrons. The summed E-state index contributed by atoms with van der Waals surface area (Å²) in [4.78, 5) is 17.6. The van der Waals surface area contributed by atoms with Crippen LogP contribution >= 0.6 is 11.3 Å². The predicted octanol–water partition coefficient (Wildman–Crippen LogP) is 3.13. The largest absolute Gasteiger partial charge is 0.481 e. The average Bonchev–Trinajstić information content (AvgIpc) is 2.72. The van der Waals surface area contributed by atoms with E-state index in [9.17, 15) is 4.79 Å².